The minimum atomic E-state index is -0.922. The standard InChI is InChI=1S/C22H23NO4/c1-27-18-13-7-6-12-17(18)20-19(22(25)26)15-10-4-5-11-16(15)21(24)23(20)14-8-2-3-9-14/h4-7,10-14,19-20H,2-3,8-9H2,1H3,(H,25,26)/t19-,20+/m1/s1. The second-order valence-corrected chi connectivity index (χ2v) is 7.24. The molecule has 1 heterocycles. The van der Waals surface area contributed by atoms with Crippen molar-refractivity contribution in [2.75, 3.05) is 7.11 Å². The van der Waals surface area contributed by atoms with Crippen LogP contribution >= 0.6 is 0 Å². The summed E-state index contributed by atoms with van der Waals surface area (Å²) in [6.45, 7) is 0. The molecule has 0 bridgehead atoms. The number of carbonyl (C=O) groups is 2. The summed E-state index contributed by atoms with van der Waals surface area (Å²) < 4.78 is 5.53. The van der Waals surface area contributed by atoms with Gasteiger partial charge < -0.3 is 14.7 Å². The highest BCUT2D eigenvalue weighted by Gasteiger charge is 2.47. The number of para-hydroxylation sites is 1. The van der Waals surface area contributed by atoms with Crippen LogP contribution in [0.3, 0.4) is 0 Å². The van der Waals surface area contributed by atoms with E-state index >= 15 is 0 Å². The summed E-state index contributed by atoms with van der Waals surface area (Å²) in [5.41, 5.74) is 1.84. The van der Waals surface area contributed by atoms with Crippen molar-refractivity contribution < 1.29 is 19.4 Å². The van der Waals surface area contributed by atoms with E-state index < -0.39 is 17.9 Å². The first-order valence-electron chi connectivity index (χ1n) is 9.40. The fraction of sp³-hybridized carbons (Fsp3) is 0.364. The summed E-state index contributed by atoms with van der Waals surface area (Å²) >= 11 is 0. The predicted octanol–water partition coefficient (Wildman–Crippen LogP) is 4.00. The Balaban J connectivity index is 1.95. The summed E-state index contributed by atoms with van der Waals surface area (Å²) in [7, 11) is 1.58. The third kappa shape index (κ3) is 2.87. The normalized spacial score (nSPS) is 22.6. The van der Waals surface area contributed by atoms with Crippen LogP contribution < -0.4 is 4.74 Å². The van der Waals surface area contributed by atoms with E-state index in [4.69, 9.17) is 4.74 Å². The lowest BCUT2D eigenvalue weighted by Crippen LogP contribution is -2.49. The van der Waals surface area contributed by atoms with Gasteiger partial charge in [-0.15, -0.1) is 0 Å². The first kappa shape index (κ1) is 17.6. The first-order valence-corrected chi connectivity index (χ1v) is 9.40. The Labute approximate surface area is 158 Å². The fourth-order valence-corrected chi connectivity index (χ4v) is 4.64. The van der Waals surface area contributed by atoms with Crippen LogP contribution in [0.25, 0.3) is 0 Å². The van der Waals surface area contributed by atoms with Crippen molar-refractivity contribution in [3.63, 3.8) is 0 Å². The summed E-state index contributed by atoms with van der Waals surface area (Å²) in [6, 6.07) is 14.0. The predicted molar refractivity (Wildman–Crippen MR) is 101 cm³/mol. The number of hydrogen-bond donors (Lipinski definition) is 1. The van der Waals surface area contributed by atoms with Crippen LogP contribution in [0.5, 0.6) is 5.75 Å². The van der Waals surface area contributed by atoms with E-state index in [0.717, 1.165) is 31.2 Å². The molecule has 1 saturated carbocycles. The fourth-order valence-electron chi connectivity index (χ4n) is 4.64. The van der Waals surface area contributed by atoms with Crippen molar-refractivity contribution >= 4 is 11.9 Å². The lowest BCUT2D eigenvalue weighted by atomic mass is 9.78. The largest absolute Gasteiger partial charge is 0.496 e. The second kappa shape index (κ2) is 7.06. The number of amides is 1. The van der Waals surface area contributed by atoms with Gasteiger partial charge in [-0.25, -0.2) is 0 Å². The number of nitrogens with zero attached hydrogens (tertiary/aromatic N) is 1. The van der Waals surface area contributed by atoms with Crippen LogP contribution in [0.4, 0.5) is 0 Å². The molecule has 0 aromatic heterocycles. The molecule has 1 fully saturated rings. The van der Waals surface area contributed by atoms with E-state index in [1.165, 1.54) is 0 Å². The molecule has 2 aromatic rings. The molecule has 0 saturated heterocycles. The number of rotatable bonds is 4. The van der Waals surface area contributed by atoms with Gasteiger partial charge in [0.25, 0.3) is 5.91 Å². The van der Waals surface area contributed by atoms with Crippen LogP contribution in [-0.4, -0.2) is 35.0 Å². The average molecular weight is 365 g/mol. The summed E-state index contributed by atoms with van der Waals surface area (Å²) in [5, 5.41) is 10.1. The molecule has 1 aliphatic heterocycles. The third-order valence-electron chi connectivity index (χ3n) is 5.82. The zero-order valence-corrected chi connectivity index (χ0v) is 15.3. The van der Waals surface area contributed by atoms with Gasteiger partial charge in [0.1, 0.15) is 11.7 Å². The Kier molecular flexibility index (Phi) is 4.60. The highest BCUT2D eigenvalue weighted by Crippen LogP contribution is 2.48. The molecule has 1 aliphatic carbocycles. The molecular formula is C22H23NO4. The van der Waals surface area contributed by atoms with Crippen LogP contribution in [-0.2, 0) is 4.79 Å². The summed E-state index contributed by atoms with van der Waals surface area (Å²) in [4.78, 5) is 27.7. The average Bonchev–Trinajstić information content (AvgIpc) is 3.21. The van der Waals surface area contributed by atoms with E-state index in [9.17, 15) is 14.7 Å². The Morgan fingerprint density at radius 1 is 1.04 bits per heavy atom. The molecule has 1 amide bonds. The molecule has 0 spiro atoms. The smallest absolute Gasteiger partial charge is 0.313 e. The van der Waals surface area contributed by atoms with Gasteiger partial charge in [0.15, 0.2) is 0 Å². The maximum absolute atomic E-state index is 13.4. The van der Waals surface area contributed by atoms with Gasteiger partial charge in [-0.2, -0.15) is 0 Å². The molecule has 2 aliphatic rings. The van der Waals surface area contributed by atoms with Crippen molar-refractivity contribution in [2.24, 2.45) is 0 Å². The van der Waals surface area contributed by atoms with Crippen molar-refractivity contribution in [3.05, 3.63) is 65.2 Å². The van der Waals surface area contributed by atoms with Gasteiger partial charge in [-0.05, 0) is 30.5 Å². The number of benzene rings is 2. The molecule has 27 heavy (non-hydrogen) atoms. The quantitative estimate of drug-likeness (QED) is 0.889. The zero-order valence-electron chi connectivity index (χ0n) is 15.3. The van der Waals surface area contributed by atoms with Crippen LogP contribution in [0.1, 0.15) is 59.1 Å². The van der Waals surface area contributed by atoms with E-state index in [-0.39, 0.29) is 11.9 Å². The molecule has 0 unspecified atom stereocenters. The Bertz CT molecular complexity index is 872. The van der Waals surface area contributed by atoms with E-state index in [1.54, 1.807) is 31.4 Å². The molecule has 140 valence electrons. The highest BCUT2D eigenvalue weighted by molar-refractivity contribution is 6.00. The Morgan fingerprint density at radius 3 is 2.33 bits per heavy atom. The summed E-state index contributed by atoms with van der Waals surface area (Å²) in [5.74, 6) is -1.21. The maximum Gasteiger partial charge on any atom is 0.313 e. The molecule has 5 nitrogen and oxygen atoms in total. The van der Waals surface area contributed by atoms with Gasteiger partial charge in [0.05, 0.1) is 13.2 Å². The molecule has 4 rings (SSSR count). The number of hydrogen-bond acceptors (Lipinski definition) is 3. The number of ether oxygens (including phenoxy) is 1. The number of carbonyl (C=O) groups excluding carboxylic acids is 1. The maximum atomic E-state index is 13.4. The monoisotopic (exact) mass is 365 g/mol. The minimum Gasteiger partial charge on any atom is -0.496 e. The SMILES string of the molecule is COc1ccccc1[C@H]1[C@H](C(=O)O)c2ccccc2C(=O)N1C1CCCC1. The van der Waals surface area contributed by atoms with Gasteiger partial charge in [-0.3, -0.25) is 9.59 Å². The van der Waals surface area contributed by atoms with Crippen LogP contribution in [0, 0.1) is 0 Å². The number of aliphatic carboxylic acids is 1. The molecular weight excluding hydrogens is 342 g/mol. The van der Waals surface area contributed by atoms with Crippen molar-refractivity contribution in [1.82, 2.24) is 4.90 Å². The lowest BCUT2D eigenvalue weighted by molar-refractivity contribution is -0.141. The van der Waals surface area contributed by atoms with E-state index in [1.807, 2.05) is 29.2 Å². The molecule has 5 heteroatoms. The van der Waals surface area contributed by atoms with Crippen molar-refractivity contribution in [2.45, 2.75) is 43.7 Å². The molecule has 1 N–H and O–H groups in total. The van der Waals surface area contributed by atoms with Crippen LogP contribution in [0.15, 0.2) is 48.5 Å². The van der Waals surface area contributed by atoms with Crippen molar-refractivity contribution in [1.29, 1.82) is 0 Å². The summed E-state index contributed by atoms with van der Waals surface area (Å²) in [6.07, 6.45) is 3.94. The highest BCUT2D eigenvalue weighted by atomic mass is 16.5. The lowest BCUT2D eigenvalue weighted by Gasteiger charge is -2.44. The third-order valence-corrected chi connectivity index (χ3v) is 5.82. The van der Waals surface area contributed by atoms with Gasteiger partial charge >= 0.3 is 5.97 Å². The number of fused-ring (bicyclic) bond motifs is 1. The topological polar surface area (TPSA) is 66.8 Å². The minimum absolute atomic E-state index is 0.0580. The number of carboxylic acids is 1. The van der Waals surface area contributed by atoms with Crippen molar-refractivity contribution in [3.8, 4) is 5.75 Å². The molecule has 0 radical (unpaired) electrons. The first-order chi connectivity index (χ1) is 13.1. The second-order valence-electron chi connectivity index (χ2n) is 7.24. The number of methoxy groups -OCH3 is 1. The Hall–Kier alpha value is -2.82. The van der Waals surface area contributed by atoms with Gasteiger partial charge in [0, 0.05) is 17.2 Å². The molecule has 2 aromatic carbocycles. The van der Waals surface area contributed by atoms with E-state index in [2.05, 4.69) is 0 Å². The molecule has 2 atom stereocenters. The Morgan fingerprint density at radius 2 is 1.67 bits per heavy atom. The zero-order chi connectivity index (χ0) is 19.0. The van der Waals surface area contributed by atoms with Gasteiger partial charge in [-0.1, -0.05) is 49.2 Å². The van der Waals surface area contributed by atoms with Crippen LogP contribution in [0.2, 0.25) is 0 Å². The van der Waals surface area contributed by atoms with Gasteiger partial charge in [0.2, 0.25) is 0 Å². The number of carboxylic acid groups (broad SMARTS) is 1. The van der Waals surface area contributed by atoms with E-state index in [0.29, 0.717) is 16.9 Å².